The molecule has 0 saturated carbocycles. The summed E-state index contributed by atoms with van der Waals surface area (Å²) in [7, 11) is 0. The maximum absolute atomic E-state index is 6.61. The van der Waals surface area contributed by atoms with Crippen molar-refractivity contribution in [3.8, 4) is 22.3 Å². The molecule has 0 amide bonds. The molecule has 0 spiro atoms. The normalized spacial score (nSPS) is 17.6. The number of halogens is 1. The van der Waals surface area contributed by atoms with Gasteiger partial charge in [0, 0.05) is 15.9 Å². The molecule has 0 N–H and O–H groups in total. The topological polar surface area (TPSA) is 0 Å². The summed E-state index contributed by atoms with van der Waals surface area (Å²) in [6.45, 7) is 9.27. The summed E-state index contributed by atoms with van der Waals surface area (Å²) < 4.78 is 0. The van der Waals surface area contributed by atoms with Gasteiger partial charge in [-0.3, -0.25) is 0 Å². The second-order valence-corrected chi connectivity index (χ2v) is 8.81. The molecule has 5 rings (SSSR count). The predicted octanol–water partition coefficient (Wildman–Crippen LogP) is 6.95. The molecule has 0 atom stereocenters. The van der Waals surface area contributed by atoms with Crippen molar-refractivity contribution in [2.75, 3.05) is 0 Å². The van der Waals surface area contributed by atoms with Crippen LogP contribution < -0.4 is 0 Å². The molecule has 1 heteroatoms. The van der Waals surface area contributed by atoms with Crippen LogP contribution in [0.3, 0.4) is 0 Å². The number of rotatable bonds is 0. The lowest BCUT2D eigenvalue weighted by Crippen LogP contribution is -2.19. The summed E-state index contributed by atoms with van der Waals surface area (Å²) in [6, 6.07) is 20.0. The van der Waals surface area contributed by atoms with E-state index in [1.54, 1.807) is 0 Å². The molecule has 0 aliphatic heterocycles. The van der Waals surface area contributed by atoms with Crippen molar-refractivity contribution >= 4 is 11.6 Å². The van der Waals surface area contributed by atoms with Gasteiger partial charge in [0.1, 0.15) is 0 Å². The molecule has 2 aliphatic carbocycles. The Morgan fingerprint density at radius 1 is 0.600 bits per heavy atom. The highest BCUT2D eigenvalue weighted by Gasteiger charge is 2.42. The molecule has 0 saturated heterocycles. The first-order chi connectivity index (χ1) is 11.8. The van der Waals surface area contributed by atoms with E-state index in [4.69, 9.17) is 11.6 Å². The monoisotopic (exact) mass is 344 g/mol. The van der Waals surface area contributed by atoms with Crippen LogP contribution in [0.4, 0.5) is 0 Å². The van der Waals surface area contributed by atoms with Crippen molar-refractivity contribution in [1.29, 1.82) is 0 Å². The third kappa shape index (κ3) is 1.74. The summed E-state index contributed by atoms with van der Waals surface area (Å²) in [4.78, 5) is 0. The molecule has 0 unspecified atom stereocenters. The van der Waals surface area contributed by atoms with E-state index < -0.39 is 0 Å². The Labute approximate surface area is 154 Å². The average Bonchev–Trinajstić information content (AvgIpc) is 2.95. The predicted molar refractivity (Wildman–Crippen MR) is 107 cm³/mol. The lowest BCUT2D eigenvalue weighted by molar-refractivity contribution is 0.639. The van der Waals surface area contributed by atoms with Crippen LogP contribution in [0.5, 0.6) is 0 Å². The van der Waals surface area contributed by atoms with Crippen LogP contribution in [0.1, 0.15) is 49.9 Å². The number of hydrogen-bond acceptors (Lipinski definition) is 0. The first-order valence-electron chi connectivity index (χ1n) is 8.92. The number of hydrogen-bond donors (Lipinski definition) is 0. The van der Waals surface area contributed by atoms with E-state index in [0.29, 0.717) is 0 Å². The van der Waals surface area contributed by atoms with Gasteiger partial charge in [-0.05, 0) is 56.6 Å². The Bertz CT molecular complexity index is 1050. The Kier molecular flexibility index (Phi) is 2.78. The van der Waals surface area contributed by atoms with Gasteiger partial charge in [0.2, 0.25) is 0 Å². The molecular weight excluding hydrogens is 324 g/mol. The van der Waals surface area contributed by atoms with Crippen molar-refractivity contribution in [3.05, 3.63) is 81.9 Å². The Hall–Kier alpha value is -2.05. The van der Waals surface area contributed by atoms with Gasteiger partial charge < -0.3 is 0 Å². The van der Waals surface area contributed by atoms with Gasteiger partial charge in [0.15, 0.2) is 0 Å². The van der Waals surface area contributed by atoms with Crippen molar-refractivity contribution in [2.45, 2.75) is 38.5 Å². The molecule has 124 valence electrons. The maximum atomic E-state index is 6.61. The SMILES string of the molecule is CC1(C)c2ccccc2-c2cc3c(cc21)C(C)(C)c1c(Cl)cccc1-3. The van der Waals surface area contributed by atoms with Gasteiger partial charge in [-0.15, -0.1) is 0 Å². The summed E-state index contributed by atoms with van der Waals surface area (Å²) in [5.74, 6) is 0. The van der Waals surface area contributed by atoms with E-state index in [2.05, 4.69) is 76.2 Å². The van der Waals surface area contributed by atoms with Gasteiger partial charge in [0.05, 0.1) is 0 Å². The van der Waals surface area contributed by atoms with Crippen molar-refractivity contribution in [3.63, 3.8) is 0 Å². The largest absolute Gasteiger partial charge is 0.0840 e. The lowest BCUT2D eigenvalue weighted by Gasteiger charge is -2.26. The van der Waals surface area contributed by atoms with E-state index in [0.717, 1.165) is 5.02 Å². The highest BCUT2D eigenvalue weighted by molar-refractivity contribution is 6.32. The van der Waals surface area contributed by atoms with Crippen LogP contribution in [-0.2, 0) is 10.8 Å². The van der Waals surface area contributed by atoms with Crippen molar-refractivity contribution in [2.24, 2.45) is 0 Å². The molecule has 2 aliphatic rings. The Morgan fingerprint density at radius 2 is 1.24 bits per heavy atom. The molecule has 25 heavy (non-hydrogen) atoms. The minimum Gasteiger partial charge on any atom is -0.0840 e. The molecule has 0 radical (unpaired) electrons. The zero-order valence-electron chi connectivity index (χ0n) is 15.1. The summed E-state index contributed by atoms with van der Waals surface area (Å²) in [6.07, 6.45) is 0. The van der Waals surface area contributed by atoms with Crippen molar-refractivity contribution < 1.29 is 0 Å². The Morgan fingerprint density at radius 3 is 2.04 bits per heavy atom. The van der Waals surface area contributed by atoms with Gasteiger partial charge >= 0.3 is 0 Å². The first kappa shape index (κ1) is 15.2. The third-order valence-electron chi connectivity index (χ3n) is 6.32. The highest BCUT2D eigenvalue weighted by atomic mass is 35.5. The van der Waals surface area contributed by atoms with E-state index in [1.807, 2.05) is 6.07 Å². The molecular formula is C24H21Cl. The average molecular weight is 345 g/mol. The van der Waals surface area contributed by atoms with Gasteiger partial charge in [-0.1, -0.05) is 81.8 Å². The molecule has 3 aromatic carbocycles. The lowest BCUT2D eigenvalue weighted by atomic mass is 9.77. The quantitative estimate of drug-likeness (QED) is 0.413. The van der Waals surface area contributed by atoms with Gasteiger partial charge in [-0.2, -0.15) is 0 Å². The second-order valence-electron chi connectivity index (χ2n) is 8.40. The molecule has 0 fully saturated rings. The maximum Gasteiger partial charge on any atom is 0.0453 e. The molecule has 0 heterocycles. The fourth-order valence-electron chi connectivity index (χ4n) is 5.01. The first-order valence-corrected chi connectivity index (χ1v) is 9.29. The summed E-state index contributed by atoms with van der Waals surface area (Å²) >= 11 is 6.61. The standard InChI is InChI=1S/C24H21Cl/c1-23(2)18-10-6-5-8-14(18)16-12-17-15-9-7-11-21(25)22(15)24(3,4)20(17)13-19(16)23/h5-13H,1-4H3. The van der Waals surface area contributed by atoms with Gasteiger partial charge in [-0.25, -0.2) is 0 Å². The third-order valence-corrected chi connectivity index (χ3v) is 6.64. The highest BCUT2D eigenvalue weighted by Crippen LogP contribution is 2.56. The van der Waals surface area contributed by atoms with Crippen LogP contribution >= 0.6 is 11.6 Å². The zero-order valence-corrected chi connectivity index (χ0v) is 15.8. The number of fused-ring (bicyclic) bond motifs is 6. The minimum atomic E-state index is -0.0666. The van der Waals surface area contributed by atoms with Crippen LogP contribution in [0.2, 0.25) is 5.02 Å². The smallest absolute Gasteiger partial charge is 0.0453 e. The van der Waals surface area contributed by atoms with Crippen LogP contribution in [0.15, 0.2) is 54.6 Å². The summed E-state index contributed by atoms with van der Waals surface area (Å²) in [5.41, 5.74) is 10.9. The van der Waals surface area contributed by atoms with Crippen LogP contribution in [-0.4, -0.2) is 0 Å². The molecule has 0 nitrogen and oxygen atoms in total. The van der Waals surface area contributed by atoms with Crippen LogP contribution in [0, 0.1) is 0 Å². The van der Waals surface area contributed by atoms with E-state index in [9.17, 15) is 0 Å². The molecule has 0 aromatic heterocycles. The Balaban J connectivity index is 1.89. The second kappa shape index (κ2) is 4.56. The van der Waals surface area contributed by atoms with E-state index >= 15 is 0 Å². The van der Waals surface area contributed by atoms with E-state index in [-0.39, 0.29) is 10.8 Å². The fourth-order valence-corrected chi connectivity index (χ4v) is 5.42. The van der Waals surface area contributed by atoms with Crippen LogP contribution in [0.25, 0.3) is 22.3 Å². The van der Waals surface area contributed by atoms with E-state index in [1.165, 1.54) is 44.5 Å². The molecule has 0 bridgehead atoms. The minimum absolute atomic E-state index is 0.0373. The fraction of sp³-hybridized carbons (Fsp3) is 0.250. The molecule has 3 aromatic rings. The van der Waals surface area contributed by atoms with Gasteiger partial charge in [0.25, 0.3) is 0 Å². The zero-order chi connectivity index (χ0) is 17.6. The summed E-state index contributed by atoms with van der Waals surface area (Å²) in [5, 5.41) is 0.874. The number of benzene rings is 3. The van der Waals surface area contributed by atoms with Crippen molar-refractivity contribution in [1.82, 2.24) is 0 Å².